The first kappa shape index (κ1) is 31.3. The van der Waals surface area contributed by atoms with E-state index >= 15 is 0 Å². The molecule has 0 bridgehead atoms. The molecule has 10 nitrogen and oxygen atoms in total. The Morgan fingerprint density at radius 2 is 1.95 bits per heavy atom. The van der Waals surface area contributed by atoms with E-state index < -0.39 is 40.7 Å². The molecular formula is C30H42N2O8. The quantitative estimate of drug-likeness (QED) is 0.0865. The van der Waals surface area contributed by atoms with Crippen molar-refractivity contribution in [3.05, 3.63) is 70.8 Å². The van der Waals surface area contributed by atoms with Gasteiger partial charge in [-0.05, 0) is 75.3 Å². The van der Waals surface area contributed by atoms with Crippen molar-refractivity contribution in [3.63, 3.8) is 0 Å². The van der Waals surface area contributed by atoms with Crippen LogP contribution in [0.1, 0.15) is 57.4 Å². The molecule has 220 valence electrons. The average Bonchev–Trinajstić information content (AvgIpc) is 3.66. The Morgan fingerprint density at radius 3 is 2.62 bits per heavy atom. The fourth-order valence-electron chi connectivity index (χ4n) is 5.81. The summed E-state index contributed by atoms with van der Waals surface area (Å²) >= 11 is 0. The number of rotatable bonds is 17. The molecule has 1 aromatic carbocycles. The summed E-state index contributed by atoms with van der Waals surface area (Å²) in [5, 5.41) is 34.5. The number of benzene rings is 1. The summed E-state index contributed by atoms with van der Waals surface area (Å²) in [7, 11) is 0. The third kappa shape index (κ3) is 8.63. The molecule has 2 aliphatic rings. The zero-order valence-corrected chi connectivity index (χ0v) is 23.2. The smallest absolute Gasteiger partial charge is 0.310 e. The van der Waals surface area contributed by atoms with Gasteiger partial charge in [0.1, 0.15) is 12.2 Å². The molecule has 0 heterocycles. The number of nitrogens with zero attached hydrogens (tertiary/aromatic N) is 1. The van der Waals surface area contributed by atoms with Crippen LogP contribution in [0.2, 0.25) is 0 Å². The number of unbranched alkanes of at least 4 members (excludes halogenated alkanes) is 1. The number of nitrogens with one attached hydrogen (secondary N) is 1. The second-order valence-corrected chi connectivity index (χ2v) is 10.8. The van der Waals surface area contributed by atoms with Crippen LogP contribution in [0.5, 0.6) is 0 Å². The Bertz CT molecular complexity index is 1030. The lowest BCUT2D eigenvalue weighted by Gasteiger charge is -2.41. The summed E-state index contributed by atoms with van der Waals surface area (Å²) in [6.07, 6.45) is 7.60. The van der Waals surface area contributed by atoms with Crippen molar-refractivity contribution in [2.24, 2.45) is 23.7 Å². The summed E-state index contributed by atoms with van der Waals surface area (Å²) < 4.78 is 6.18. The minimum atomic E-state index is -1.25. The van der Waals surface area contributed by atoms with Crippen molar-refractivity contribution < 1.29 is 34.5 Å². The molecule has 2 fully saturated rings. The van der Waals surface area contributed by atoms with Crippen LogP contribution in [0.15, 0.2) is 55.1 Å². The number of ether oxygens (including phenoxy) is 1. The molecule has 0 aromatic heterocycles. The molecule has 0 saturated heterocycles. The van der Waals surface area contributed by atoms with E-state index in [1.807, 2.05) is 49.4 Å². The summed E-state index contributed by atoms with van der Waals surface area (Å²) in [5.41, 5.74) is -0.220. The molecule has 1 aromatic rings. The number of amides is 1. The highest BCUT2D eigenvalue weighted by Gasteiger charge is 2.55. The van der Waals surface area contributed by atoms with Crippen LogP contribution in [0.3, 0.4) is 0 Å². The summed E-state index contributed by atoms with van der Waals surface area (Å²) in [6.45, 7) is 6.32. The molecule has 1 amide bonds. The van der Waals surface area contributed by atoms with Crippen LogP contribution in [0, 0.1) is 33.8 Å². The number of allylic oxidation sites excluding steroid dienone is 2. The Balaban J connectivity index is 1.74. The summed E-state index contributed by atoms with van der Waals surface area (Å²) in [4.78, 5) is 39.9. The van der Waals surface area contributed by atoms with Crippen molar-refractivity contribution in [1.82, 2.24) is 5.32 Å². The normalized spacial score (nSPS) is 27.1. The first-order valence-corrected chi connectivity index (χ1v) is 14.2. The molecule has 40 heavy (non-hydrogen) atoms. The van der Waals surface area contributed by atoms with Gasteiger partial charge in [-0.3, -0.25) is 9.59 Å². The lowest BCUT2D eigenvalue weighted by atomic mass is 9.74. The second-order valence-electron chi connectivity index (χ2n) is 10.8. The molecule has 0 aliphatic heterocycles. The third-order valence-electron chi connectivity index (χ3n) is 8.04. The predicted molar refractivity (Wildman–Crippen MR) is 148 cm³/mol. The third-order valence-corrected chi connectivity index (χ3v) is 8.04. The number of aliphatic hydroxyl groups is 2. The maximum absolute atomic E-state index is 13.2. The van der Waals surface area contributed by atoms with Gasteiger partial charge in [-0.2, -0.15) is 0 Å². The maximum Gasteiger partial charge on any atom is 0.310 e. The minimum absolute atomic E-state index is 0.0177. The summed E-state index contributed by atoms with van der Waals surface area (Å²) in [5.74, 6) is -2.29. The molecule has 0 spiro atoms. The molecule has 3 rings (SSSR count). The summed E-state index contributed by atoms with van der Waals surface area (Å²) in [6, 6.07) is 9.72. The van der Waals surface area contributed by atoms with Gasteiger partial charge in [0.15, 0.2) is 0 Å². The first-order valence-electron chi connectivity index (χ1n) is 14.2. The second kappa shape index (κ2) is 14.9. The van der Waals surface area contributed by atoms with Crippen LogP contribution in [-0.2, 0) is 25.6 Å². The van der Waals surface area contributed by atoms with E-state index in [1.54, 1.807) is 6.08 Å². The molecule has 3 N–H and O–H groups in total. The van der Waals surface area contributed by atoms with Crippen molar-refractivity contribution in [2.75, 3.05) is 13.2 Å². The fraction of sp³-hybridized carbons (Fsp3) is 0.600. The van der Waals surface area contributed by atoms with E-state index in [1.165, 1.54) is 0 Å². The van der Waals surface area contributed by atoms with Crippen molar-refractivity contribution in [1.29, 1.82) is 0 Å². The van der Waals surface area contributed by atoms with Crippen LogP contribution in [-0.4, -0.2) is 58.1 Å². The highest BCUT2D eigenvalue weighted by molar-refractivity contribution is 5.76. The van der Waals surface area contributed by atoms with Crippen LogP contribution >= 0.6 is 0 Å². The van der Waals surface area contributed by atoms with Crippen LogP contribution < -0.4 is 5.32 Å². The number of aliphatic hydroxyl groups excluding tert-OH is 2. The van der Waals surface area contributed by atoms with E-state index in [0.717, 1.165) is 5.56 Å². The highest BCUT2D eigenvalue weighted by atomic mass is 16.9. The number of aryl methyl sites for hydroxylation is 1. The van der Waals surface area contributed by atoms with Crippen molar-refractivity contribution in [2.45, 2.75) is 76.1 Å². The first-order chi connectivity index (χ1) is 19.2. The zero-order chi connectivity index (χ0) is 29.1. The van der Waals surface area contributed by atoms with E-state index in [4.69, 9.17) is 4.74 Å². The van der Waals surface area contributed by atoms with Gasteiger partial charge in [0.05, 0.1) is 18.1 Å². The number of carbonyl (C=O) groups excluding carboxylic acids is 2. The monoisotopic (exact) mass is 558 g/mol. The van der Waals surface area contributed by atoms with E-state index in [2.05, 4.69) is 16.7 Å². The molecule has 2 saturated carbocycles. The molecule has 0 radical (unpaired) electrons. The van der Waals surface area contributed by atoms with E-state index in [-0.39, 0.29) is 30.8 Å². The topological polar surface area (TPSA) is 148 Å². The Labute approximate surface area is 235 Å². The van der Waals surface area contributed by atoms with Gasteiger partial charge < -0.3 is 25.1 Å². The van der Waals surface area contributed by atoms with Gasteiger partial charge in [-0.25, -0.2) is 0 Å². The van der Waals surface area contributed by atoms with Crippen LogP contribution in [0.25, 0.3) is 0 Å². The van der Waals surface area contributed by atoms with Gasteiger partial charge in [0, 0.05) is 18.9 Å². The lowest BCUT2D eigenvalue weighted by Crippen LogP contribution is -2.48. The van der Waals surface area contributed by atoms with Gasteiger partial charge in [0.2, 0.25) is 5.91 Å². The molecule has 2 aliphatic carbocycles. The fourth-order valence-corrected chi connectivity index (χ4v) is 5.81. The number of hydrogen-bond donors (Lipinski definition) is 3. The van der Waals surface area contributed by atoms with E-state index in [0.29, 0.717) is 51.5 Å². The van der Waals surface area contributed by atoms with Crippen molar-refractivity contribution >= 4 is 11.9 Å². The Morgan fingerprint density at radius 1 is 1.20 bits per heavy atom. The van der Waals surface area contributed by atoms with Crippen LogP contribution in [0.4, 0.5) is 0 Å². The van der Waals surface area contributed by atoms with Gasteiger partial charge in [0.25, 0.3) is 5.09 Å². The lowest BCUT2D eigenvalue weighted by molar-refractivity contribution is -0.758. The molecule has 10 heteroatoms. The average molecular weight is 559 g/mol. The number of hydrogen-bond acceptors (Lipinski definition) is 8. The molecular weight excluding hydrogens is 516 g/mol. The van der Waals surface area contributed by atoms with Crippen molar-refractivity contribution in [3.8, 4) is 0 Å². The van der Waals surface area contributed by atoms with Gasteiger partial charge in [-0.1, -0.05) is 49.1 Å². The number of esters is 1. The SMILES string of the molecule is C=CC(CCc1ccccc1)(OC(=O)C1CC1CO[N+](=O)[O-])[C@@H]1[C@@H](C/C=C\CCCC(=O)NCC)[C@@H](O)C[C@H]1O. The van der Waals surface area contributed by atoms with Gasteiger partial charge in [-0.15, -0.1) is 10.1 Å². The Kier molecular flexibility index (Phi) is 11.7. The van der Waals surface area contributed by atoms with E-state index in [9.17, 15) is 29.9 Å². The Hall–Kier alpha value is -3.24. The van der Waals surface area contributed by atoms with Gasteiger partial charge >= 0.3 is 5.97 Å². The maximum atomic E-state index is 13.2. The standard InChI is InChI=1S/C30H42N2O8/c1-3-30(17-16-21-12-8-7-9-13-21,40-29(36)24-18-22(24)20-39-32(37)38)28-23(25(33)19-26(28)34)14-10-5-6-11-15-27(35)31-4-2/h3,5,7-10,12-13,22-26,28,33-34H,1,4,6,11,14-20H2,2H3,(H,31,35)/b10-5-/t22?,23-,24?,25-,26+,28+,30?/m0/s1. The predicted octanol–water partition coefficient (Wildman–Crippen LogP) is 3.54. The molecule has 7 atom stereocenters. The minimum Gasteiger partial charge on any atom is -0.454 e. The number of carbonyl (C=O) groups is 2. The highest BCUT2D eigenvalue weighted by Crippen LogP contribution is 2.48. The zero-order valence-electron chi connectivity index (χ0n) is 23.2. The molecule has 3 unspecified atom stereocenters. The largest absolute Gasteiger partial charge is 0.454 e.